The monoisotopic (exact) mass is 381 g/mol. The molecule has 0 bridgehead atoms. The number of amides is 2. The first-order valence-corrected chi connectivity index (χ1v) is 9.66. The van der Waals surface area contributed by atoms with Gasteiger partial charge in [-0.1, -0.05) is 24.3 Å². The number of carbonyl (C=O) groups excluding carboxylic acids is 2. The van der Waals surface area contributed by atoms with E-state index in [-0.39, 0.29) is 11.8 Å². The van der Waals surface area contributed by atoms with Crippen molar-refractivity contribution in [3.63, 3.8) is 0 Å². The van der Waals surface area contributed by atoms with Crippen molar-refractivity contribution >= 4 is 17.5 Å². The van der Waals surface area contributed by atoms with E-state index in [2.05, 4.69) is 15.5 Å². The number of anilines is 1. The summed E-state index contributed by atoms with van der Waals surface area (Å²) < 4.78 is 4.94. The van der Waals surface area contributed by atoms with Crippen LogP contribution >= 0.6 is 0 Å². The van der Waals surface area contributed by atoms with Gasteiger partial charge in [0, 0.05) is 25.8 Å². The molecule has 1 saturated heterocycles. The van der Waals surface area contributed by atoms with E-state index in [4.69, 9.17) is 4.74 Å². The molecule has 6 heteroatoms. The highest BCUT2D eigenvalue weighted by Gasteiger charge is 2.15. The topological polar surface area (TPSA) is 70.7 Å². The van der Waals surface area contributed by atoms with E-state index < -0.39 is 0 Å². The summed E-state index contributed by atoms with van der Waals surface area (Å²) in [6.07, 6.45) is 2.53. The second kappa shape index (κ2) is 10.0. The zero-order chi connectivity index (χ0) is 19.8. The van der Waals surface area contributed by atoms with Crippen molar-refractivity contribution in [1.29, 1.82) is 0 Å². The lowest BCUT2D eigenvalue weighted by Gasteiger charge is -2.15. The summed E-state index contributed by atoms with van der Waals surface area (Å²) in [6.45, 7) is 4.06. The normalized spacial score (nSPS) is 14.0. The molecule has 1 aliphatic heterocycles. The molecule has 0 aliphatic carbocycles. The second-order valence-corrected chi connectivity index (χ2v) is 6.93. The van der Waals surface area contributed by atoms with Crippen LogP contribution in [0.25, 0.3) is 0 Å². The summed E-state index contributed by atoms with van der Waals surface area (Å²) in [6, 6.07) is 14.6. The van der Waals surface area contributed by atoms with Gasteiger partial charge in [0.1, 0.15) is 0 Å². The van der Waals surface area contributed by atoms with E-state index in [9.17, 15) is 9.59 Å². The summed E-state index contributed by atoms with van der Waals surface area (Å²) in [7, 11) is 1.58. The van der Waals surface area contributed by atoms with Crippen LogP contribution in [0.3, 0.4) is 0 Å². The van der Waals surface area contributed by atoms with Crippen molar-refractivity contribution in [2.45, 2.75) is 19.4 Å². The number of ether oxygens (including phenoxy) is 1. The lowest BCUT2D eigenvalue weighted by Crippen LogP contribution is -2.28. The number of likely N-dealkylation sites (tertiary alicyclic amines) is 1. The minimum absolute atomic E-state index is 0.232. The number of rotatable bonds is 8. The molecule has 0 unspecified atom stereocenters. The highest BCUT2D eigenvalue weighted by atomic mass is 16.5. The van der Waals surface area contributed by atoms with Gasteiger partial charge >= 0.3 is 0 Å². The number of carbonyl (C=O) groups is 2. The van der Waals surface area contributed by atoms with Gasteiger partial charge in [-0.15, -0.1) is 0 Å². The predicted molar refractivity (Wildman–Crippen MR) is 110 cm³/mol. The van der Waals surface area contributed by atoms with Crippen molar-refractivity contribution in [2.24, 2.45) is 0 Å². The van der Waals surface area contributed by atoms with E-state index in [0.29, 0.717) is 30.0 Å². The summed E-state index contributed by atoms with van der Waals surface area (Å²) in [5, 5.41) is 5.62. The Kier molecular flexibility index (Phi) is 7.17. The second-order valence-electron chi connectivity index (χ2n) is 6.93. The quantitative estimate of drug-likeness (QED) is 0.690. The molecule has 148 valence electrons. The molecule has 0 atom stereocenters. The average molecular weight is 381 g/mol. The molecule has 0 saturated carbocycles. The molecule has 1 heterocycles. The maximum absolute atomic E-state index is 12.6. The summed E-state index contributed by atoms with van der Waals surface area (Å²) in [4.78, 5) is 27.4. The number of hydrogen-bond acceptors (Lipinski definition) is 4. The third-order valence-corrected chi connectivity index (χ3v) is 4.83. The molecule has 2 amide bonds. The van der Waals surface area contributed by atoms with Gasteiger partial charge in [-0.25, -0.2) is 0 Å². The zero-order valence-corrected chi connectivity index (χ0v) is 16.2. The standard InChI is InChI=1S/C22H27N3O3/c1-28-15-12-23-22(27)19-6-2-3-7-20(19)24-21(26)18-10-8-17(9-11-18)16-25-13-4-5-14-25/h2-3,6-11H,4-5,12-16H2,1H3,(H,23,27)(H,24,26). The lowest BCUT2D eigenvalue weighted by molar-refractivity contribution is 0.0938. The highest BCUT2D eigenvalue weighted by Crippen LogP contribution is 2.17. The van der Waals surface area contributed by atoms with Gasteiger partial charge in [-0.05, 0) is 55.8 Å². The Labute approximate surface area is 165 Å². The Hall–Kier alpha value is -2.70. The van der Waals surface area contributed by atoms with Gasteiger partial charge in [-0.3, -0.25) is 14.5 Å². The predicted octanol–water partition coefficient (Wildman–Crippen LogP) is 2.91. The number of hydrogen-bond donors (Lipinski definition) is 2. The Morgan fingerprint density at radius 2 is 1.71 bits per heavy atom. The third kappa shape index (κ3) is 5.41. The van der Waals surface area contributed by atoms with Crippen LogP contribution in [0.15, 0.2) is 48.5 Å². The van der Waals surface area contributed by atoms with Crippen LogP contribution in [-0.4, -0.2) is 50.1 Å². The van der Waals surface area contributed by atoms with Crippen LogP contribution in [-0.2, 0) is 11.3 Å². The van der Waals surface area contributed by atoms with Crippen molar-refractivity contribution < 1.29 is 14.3 Å². The van der Waals surface area contributed by atoms with E-state index in [1.165, 1.54) is 18.4 Å². The van der Waals surface area contributed by atoms with Crippen LogP contribution in [0.2, 0.25) is 0 Å². The molecule has 0 aromatic heterocycles. The van der Waals surface area contributed by atoms with Gasteiger partial charge < -0.3 is 15.4 Å². The minimum Gasteiger partial charge on any atom is -0.383 e. The summed E-state index contributed by atoms with van der Waals surface area (Å²) >= 11 is 0. The first kappa shape index (κ1) is 20.0. The molecule has 28 heavy (non-hydrogen) atoms. The van der Waals surface area contributed by atoms with Gasteiger partial charge in [-0.2, -0.15) is 0 Å². The van der Waals surface area contributed by atoms with Crippen LogP contribution in [0, 0.1) is 0 Å². The fraction of sp³-hybridized carbons (Fsp3) is 0.364. The molecule has 2 N–H and O–H groups in total. The highest BCUT2D eigenvalue weighted by molar-refractivity contribution is 6.09. The molecule has 1 aliphatic rings. The first-order valence-electron chi connectivity index (χ1n) is 9.66. The Balaban J connectivity index is 1.63. The number of benzene rings is 2. The van der Waals surface area contributed by atoms with Crippen molar-refractivity contribution in [3.8, 4) is 0 Å². The number of nitrogens with one attached hydrogen (secondary N) is 2. The smallest absolute Gasteiger partial charge is 0.255 e. The molecule has 0 spiro atoms. The largest absolute Gasteiger partial charge is 0.383 e. The Bertz CT molecular complexity index is 799. The van der Waals surface area contributed by atoms with E-state index in [1.54, 1.807) is 31.4 Å². The van der Waals surface area contributed by atoms with E-state index in [1.807, 2.05) is 24.3 Å². The van der Waals surface area contributed by atoms with Gasteiger partial charge in [0.2, 0.25) is 0 Å². The maximum atomic E-state index is 12.6. The van der Waals surface area contributed by atoms with Crippen LogP contribution < -0.4 is 10.6 Å². The van der Waals surface area contributed by atoms with Crippen LogP contribution in [0.4, 0.5) is 5.69 Å². The molecule has 1 fully saturated rings. The van der Waals surface area contributed by atoms with Gasteiger partial charge in [0.05, 0.1) is 17.9 Å². The van der Waals surface area contributed by atoms with Crippen molar-refractivity contribution in [2.75, 3.05) is 38.7 Å². The summed E-state index contributed by atoms with van der Waals surface area (Å²) in [5.74, 6) is -0.473. The van der Waals surface area contributed by atoms with Gasteiger partial charge in [0.15, 0.2) is 0 Å². The van der Waals surface area contributed by atoms with Crippen molar-refractivity contribution in [3.05, 3.63) is 65.2 Å². The molecule has 0 radical (unpaired) electrons. The maximum Gasteiger partial charge on any atom is 0.255 e. The number of nitrogens with zero attached hydrogens (tertiary/aromatic N) is 1. The fourth-order valence-electron chi connectivity index (χ4n) is 3.31. The summed E-state index contributed by atoms with van der Waals surface area (Å²) in [5.41, 5.74) is 2.69. The molecular weight excluding hydrogens is 354 g/mol. The molecular formula is C22H27N3O3. The SMILES string of the molecule is COCCNC(=O)c1ccccc1NC(=O)c1ccc(CN2CCCC2)cc1. The zero-order valence-electron chi connectivity index (χ0n) is 16.2. The molecule has 2 aromatic rings. The van der Waals surface area contributed by atoms with E-state index in [0.717, 1.165) is 19.6 Å². The average Bonchev–Trinajstić information content (AvgIpc) is 3.22. The third-order valence-electron chi connectivity index (χ3n) is 4.83. The van der Waals surface area contributed by atoms with Gasteiger partial charge in [0.25, 0.3) is 11.8 Å². The first-order chi connectivity index (χ1) is 13.7. The number of para-hydroxylation sites is 1. The van der Waals surface area contributed by atoms with Crippen LogP contribution in [0.1, 0.15) is 39.1 Å². The van der Waals surface area contributed by atoms with Crippen molar-refractivity contribution in [1.82, 2.24) is 10.2 Å². The fourth-order valence-corrected chi connectivity index (χ4v) is 3.31. The number of methoxy groups -OCH3 is 1. The molecule has 2 aromatic carbocycles. The minimum atomic E-state index is -0.242. The van der Waals surface area contributed by atoms with E-state index >= 15 is 0 Å². The molecule has 6 nitrogen and oxygen atoms in total. The Morgan fingerprint density at radius 3 is 2.43 bits per heavy atom. The van der Waals surface area contributed by atoms with Crippen LogP contribution in [0.5, 0.6) is 0 Å². The molecule has 3 rings (SSSR count). The Morgan fingerprint density at radius 1 is 1.00 bits per heavy atom. The lowest BCUT2D eigenvalue weighted by atomic mass is 10.1.